The summed E-state index contributed by atoms with van der Waals surface area (Å²) >= 11 is 9.25. The number of nitrogens with two attached hydrogens (primary N) is 1. The number of carbonyl (C=O) groups excluding carboxylic acids is 1. The largest absolute Gasteiger partial charge is 0.304 e. The normalized spacial score (nSPS) is 9.50. The number of hydrogen-bond acceptors (Lipinski definition) is 3. The Morgan fingerprint density at radius 2 is 2.31 bits per heavy atom. The highest BCUT2D eigenvalue weighted by atomic mass is 79.9. The minimum atomic E-state index is -0.218. The molecule has 0 saturated heterocycles. The summed E-state index contributed by atoms with van der Waals surface area (Å²) < 4.78 is 2.82. The van der Waals surface area contributed by atoms with E-state index < -0.39 is 0 Å². The maximum absolute atomic E-state index is 9.58. The number of halogens is 2. The Kier molecular flexibility index (Phi) is 4.72. The topological polar surface area (TPSA) is 72.4 Å². The molecule has 3 N–H and O–H groups in total. The highest BCUT2D eigenvalue weighted by molar-refractivity contribution is 9.10. The quantitative estimate of drug-likeness (QED) is 0.442. The van der Waals surface area contributed by atoms with E-state index >= 15 is 0 Å². The summed E-state index contributed by atoms with van der Waals surface area (Å²) in [6, 6.07) is 1.85. The van der Waals surface area contributed by atoms with E-state index in [2.05, 4.69) is 26.8 Å². The van der Waals surface area contributed by atoms with Gasteiger partial charge in [-0.3, -0.25) is 10.2 Å². The third kappa shape index (κ3) is 3.48. The van der Waals surface area contributed by atoms with E-state index in [4.69, 9.17) is 11.6 Å². The van der Waals surface area contributed by atoms with Gasteiger partial charge in [-0.25, -0.2) is 10.8 Å². The predicted molar refractivity (Wildman–Crippen MR) is 65.9 cm³/mol. The van der Waals surface area contributed by atoms with Crippen molar-refractivity contribution in [2.75, 3.05) is 0 Å². The van der Waals surface area contributed by atoms with Gasteiger partial charge in [0.25, 0.3) is 0 Å². The van der Waals surface area contributed by atoms with Gasteiger partial charge in [0.05, 0.1) is 23.1 Å². The van der Waals surface area contributed by atoms with Crippen LogP contribution in [0.1, 0.15) is 6.92 Å². The van der Waals surface area contributed by atoms with Crippen molar-refractivity contribution < 1.29 is 4.79 Å². The van der Waals surface area contributed by atoms with Crippen LogP contribution < -0.4 is 11.3 Å². The van der Waals surface area contributed by atoms with Crippen LogP contribution >= 0.6 is 27.5 Å². The Hall–Kier alpha value is -1.11. The van der Waals surface area contributed by atoms with Crippen LogP contribution in [0.15, 0.2) is 29.3 Å². The maximum Gasteiger partial charge on any atom is 0.230 e. The Morgan fingerprint density at radius 1 is 1.69 bits per heavy atom. The zero-order valence-electron chi connectivity index (χ0n) is 8.45. The van der Waals surface area contributed by atoms with Crippen molar-refractivity contribution in [3.63, 3.8) is 0 Å². The van der Waals surface area contributed by atoms with Crippen molar-refractivity contribution in [3.8, 4) is 0 Å². The fourth-order valence-electron chi connectivity index (χ4n) is 0.958. The molecule has 7 heteroatoms. The Morgan fingerprint density at radius 3 is 2.88 bits per heavy atom. The fourth-order valence-corrected chi connectivity index (χ4v) is 1.80. The van der Waals surface area contributed by atoms with Gasteiger partial charge < -0.3 is 4.40 Å². The van der Waals surface area contributed by atoms with Crippen LogP contribution in [0.3, 0.4) is 0 Å². The first-order valence-corrected chi connectivity index (χ1v) is 5.45. The molecule has 2 aromatic heterocycles. The number of hydrogen-bond donors (Lipinski definition) is 2. The molecule has 1 amide bonds. The summed E-state index contributed by atoms with van der Waals surface area (Å²) in [7, 11) is 0. The number of carbonyl (C=O) groups is 1. The average molecular weight is 306 g/mol. The van der Waals surface area contributed by atoms with E-state index in [0.29, 0.717) is 5.02 Å². The molecule has 0 atom stereocenters. The number of hydrazine groups is 1. The van der Waals surface area contributed by atoms with E-state index in [9.17, 15) is 4.79 Å². The molecule has 0 spiro atoms. The minimum Gasteiger partial charge on any atom is -0.304 e. The van der Waals surface area contributed by atoms with Crippen molar-refractivity contribution >= 4 is 39.0 Å². The van der Waals surface area contributed by atoms with Gasteiger partial charge in [0, 0.05) is 17.6 Å². The molecular weight excluding hydrogens is 295 g/mol. The SMILES string of the molecule is CC(=O)NN.Clc1cc(Br)cn2cncc12. The van der Waals surface area contributed by atoms with Gasteiger partial charge in [-0.05, 0) is 22.0 Å². The summed E-state index contributed by atoms with van der Waals surface area (Å²) in [5.74, 6) is 4.35. The number of fused-ring (bicyclic) bond motifs is 1. The summed E-state index contributed by atoms with van der Waals surface area (Å²) in [6.45, 7) is 1.35. The third-order valence-electron chi connectivity index (χ3n) is 1.64. The molecule has 16 heavy (non-hydrogen) atoms. The van der Waals surface area contributed by atoms with Crippen molar-refractivity contribution in [1.82, 2.24) is 14.8 Å². The van der Waals surface area contributed by atoms with Crippen LogP contribution in [0.4, 0.5) is 0 Å². The Balaban J connectivity index is 0.000000221. The van der Waals surface area contributed by atoms with E-state index in [-0.39, 0.29) is 5.91 Å². The molecule has 0 aliphatic heterocycles. The molecule has 2 aromatic rings. The number of nitrogens with zero attached hydrogens (tertiary/aromatic N) is 2. The molecule has 0 aliphatic rings. The average Bonchev–Trinajstić information content (AvgIpc) is 2.66. The van der Waals surface area contributed by atoms with Gasteiger partial charge in [-0.2, -0.15) is 0 Å². The summed E-state index contributed by atoms with van der Waals surface area (Å²) in [6.07, 6.45) is 5.36. The lowest BCUT2D eigenvalue weighted by molar-refractivity contribution is -0.119. The Bertz CT molecular complexity index is 499. The van der Waals surface area contributed by atoms with Gasteiger partial charge >= 0.3 is 0 Å². The molecule has 0 fully saturated rings. The predicted octanol–water partition coefficient (Wildman–Crippen LogP) is 1.75. The molecule has 2 heterocycles. The minimum absolute atomic E-state index is 0.218. The van der Waals surface area contributed by atoms with Gasteiger partial charge in [0.15, 0.2) is 0 Å². The molecule has 0 aromatic carbocycles. The van der Waals surface area contributed by atoms with Crippen molar-refractivity contribution in [2.24, 2.45) is 5.84 Å². The van der Waals surface area contributed by atoms with Crippen molar-refractivity contribution in [1.29, 1.82) is 0 Å². The highest BCUT2D eigenvalue weighted by Gasteiger charge is 1.99. The molecule has 0 aliphatic carbocycles. The molecular formula is C9H10BrClN4O. The summed E-state index contributed by atoms with van der Waals surface area (Å²) in [5.41, 5.74) is 2.81. The summed E-state index contributed by atoms with van der Waals surface area (Å²) in [4.78, 5) is 13.5. The zero-order valence-corrected chi connectivity index (χ0v) is 10.8. The van der Waals surface area contributed by atoms with Crippen LogP contribution in [0, 0.1) is 0 Å². The lowest BCUT2D eigenvalue weighted by Crippen LogP contribution is -2.26. The van der Waals surface area contributed by atoms with Crippen LogP contribution in [-0.2, 0) is 4.79 Å². The first-order valence-electron chi connectivity index (χ1n) is 4.28. The standard InChI is InChI=1S/C7H4BrClN2.C2H6N2O/c8-5-1-6(9)7-2-10-4-11(7)3-5;1-2(5)4-3/h1-4H;3H2,1H3,(H,4,5). The molecule has 0 unspecified atom stereocenters. The van der Waals surface area contributed by atoms with Crippen LogP contribution in [0.2, 0.25) is 5.02 Å². The Labute approximate surface area is 106 Å². The number of pyridine rings is 1. The van der Waals surface area contributed by atoms with E-state index in [1.54, 1.807) is 12.5 Å². The van der Waals surface area contributed by atoms with Crippen LogP contribution in [0.5, 0.6) is 0 Å². The summed E-state index contributed by atoms with van der Waals surface area (Å²) in [5, 5.41) is 0.705. The zero-order chi connectivity index (χ0) is 12.1. The highest BCUT2D eigenvalue weighted by Crippen LogP contribution is 2.21. The number of aromatic nitrogens is 2. The van der Waals surface area contributed by atoms with Gasteiger partial charge in [-0.1, -0.05) is 11.6 Å². The number of amides is 1. The first-order chi connectivity index (χ1) is 7.54. The molecule has 0 saturated carbocycles. The first kappa shape index (κ1) is 13.0. The molecule has 86 valence electrons. The van der Waals surface area contributed by atoms with Gasteiger partial charge in [-0.15, -0.1) is 0 Å². The van der Waals surface area contributed by atoms with E-state index in [1.165, 1.54) is 6.92 Å². The lowest BCUT2D eigenvalue weighted by atomic mass is 10.4. The molecule has 5 nitrogen and oxygen atoms in total. The molecule has 0 bridgehead atoms. The number of nitrogens with one attached hydrogen (secondary N) is 1. The second kappa shape index (κ2) is 5.83. The monoisotopic (exact) mass is 304 g/mol. The third-order valence-corrected chi connectivity index (χ3v) is 2.38. The van der Waals surface area contributed by atoms with Gasteiger partial charge in [0.2, 0.25) is 5.91 Å². The maximum atomic E-state index is 9.58. The van der Waals surface area contributed by atoms with E-state index in [0.717, 1.165) is 9.99 Å². The van der Waals surface area contributed by atoms with Crippen molar-refractivity contribution in [2.45, 2.75) is 6.92 Å². The van der Waals surface area contributed by atoms with Crippen LogP contribution in [-0.4, -0.2) is 15.3 Å². The lowest BCUT2D eigenvalue weighted by Gasteiger charge is -1.96. The van der Waals surface area contributed by atoms with Crippen LogP contribution in [0.25, 0.3) is 5.52 Å². The smallest absolute Gasteiger partial charge is 0.230 e. The molecule has 0 radical (unpaired) electrons. The molecule has 2 rings (SSSR count). The number of rotatable bonds is 0. The van der Waals surface area contributed by atoms with E-state index in [1.807, 2.05) is 22.1 Å². The number of imidazole rings is 1. The van der Waals surface area contributed by atoms with Crippen molar-refractivity contribution in [3.05, 3.63) is 34.3 Å². The fraction of sp³-hybridized carbons (Fsp3) is 0.111. The second-order valence-electron chi connectivity index (χ2n) is 2.89. The second-order valence-corrected chi connectivity index (χ2v) is 4.22. The van der Waals surface area contributed by atoms with Gasteiger partial charge in [0.1, 0.15) is 0 Å².